The van der Waals surface area contributed by atoms with Gasteiger partial charge in [0, 0.05) is 6.07 Å². The zero-order valence-corrected chi connectivity index (χ0v) is 9.09. The summed E-state index contributed by atoms with van der Waals surface area (Å²) in [4.78, 5) is 9.31. The second-order valence-electron chi connectivity index (χ2n) is 3.23. The molecule has 1 aliphatic heterocycles. The number of morpholine rings is 1. The highest BCUT2D eigenvalue weighted by Crippen LogP contribution is 2.13. The van der Waals surface area contributed by atoms with E-state index in [0.717, 1.165) is 37.8 Å². The number of rotatable bonds is 2. The minimum atomic E-state index is 0.785. The molecule has 0 unspecified atom stereocenters. The van der Waals surface area contributed by atoms with Gasteiger partial charge >= 0.3 is 0 Å². The van der Waals surface area contributed by atoms with Crippen molar-refractivity contribution in [1.82, 2.24) is 0 Å². The standard InChI is InChI=1S/C10H11N3OS/c15-8-12-9-1-2-10(11-7-9)13-3-5-14-6-4-13/h1-2,7H,3-6H2/p+1. The fraction of sp³-hybridized carbons (Fsp3) is 0.400. The molecule has 0 aliphatic carbocycles. The van der Waals surface area contributed by atoms with Crippen molar-refractivity contribution in [2.45, 2.75) is 0 Å². The lowest BCUT2D eigenvalue weighted by Crippen LogP contribution is -2.39. The molecule has 1 saturated heterocycles. The average molecular weight is 222 g/mol. The highest BCUT2D eigenvalue weighted by Gasteiger charge is 2.18. The van der Waals surface area contributed by atoms with Crippen molar-refractivity contribution in [3.05, 3.63) is 18.3 Å². The number of aromatic nitrogens is 1. The third-order valence-electron chi connectivity index (χ3n) is 2.31. The van der Waals surface area contributed by atoms with Gasteiger partial charge in [-0.1, -0.05) is 0 Å². The summed E-state index contributed by atoms with van der Waals surface area (Å²) < 4.78 is 5.29. The molecule has 1 aromatic rings. The summed E-state index contributed by atoms with van der Waals surface area (Å²) >= 11 is 4.53. The van der Waals surface area contributed by atoms with E-state index in [0.29, 0.717) is 0 Å². The molecular weight excluding hydrogens is 210 g/mol. The van der Waals surface area contributed by atoms with Gasteiger partial charge in [-0.25, -0.2) is 4.98 Å². The molecule has 0 spiro atoms. The molecule has 5 heteroatoms. The topological polar surface area (TPSA) is 39.0 Å². The van der Waals surface area contributed by atoms with Crippen LogP contribution >= 0.6 is 12.2 Å². The molecule has 15 heavy (non-hydrogen) atoms. The number of isothiocyanates is 1. The van der Waals surface area contributed by atoms with E-state index in [2.05, 4.69) is 32.3 Å². The maximum atomic E-state index is 5.29. The van der Waals surface area contributed by atoms with Crippen LogP contribution in [0.3, 0.4) is 0 Å². The first kappa shape index (κ1) is 10.2. The molecule has 1 aromatic heterocycles. The SMILES string of the molecule is S=C=Nc1ccc(N2CCOCC2)[nH+]c1. The summed E-state index contributed by atoms with van der Waals surface area (Å²) in [5.74, 6) is 1.08. The van der Waals surface area contributed by atoms with E-state index in [-0.39, 0.29) is 0 Å². The zero-order valence-electron chi connectivity index (χ0n) is 8.27. The number of aliphatic imine (C=N–C) groups is 1. The summed E-state index contributed by atoms with van der Waals surface area (Å²) in [6.07, 6.45) is 1.82. The van der Waals surface area contributed by atoms with E-state index in [1.807, 2.05) is 18.3 Å². The molecule has 0 aromatic carbocycles. The molecule has 0 radical (unpaired) electrons. The van der Waals surface area contributed by atoms with E-state index < -0.39 is 0 Å². The number of anilines is 1. The fourth-order valence-corrected chi connectivity index (χ4v) is 1.64. The highest BCUT2D eigenvalue weighted by atomic mass is 32.1. The van der Waals surface area contributed by atoms with Crippen LogP contribution in [0, 0.1) is 0 Å². The van der Waals surface area contributed by atoms with Crippen molar-refractivity contribution in [3.8, 4) is 0 Å². The zero-order chi connectivity index (χ0) is 10.5. The van der Waals surface area contributed by atoms with Gasteiger partial charge < -0.3 is 4.74 Å². The monoisotopic (exact) mass is 222 g/mol. The normalized spacial score (nSPS) is 15.9. The number of ether oxygens (including phenoxy) is 1. The first-order valence-corrected chi connectivity index (χ1v) is 5.23. The molecule has 78 valence electrons. The molecular formula is C10H12N3OS+. The second kappa shape index (κ2) is 4.98. The van der Waals surface area contributed by atoms with Crippen molar-refractivity contribution < 1.29 is 9.72 Å². The number of hydrogen-bond acceptors (Lipinski definition) is 4. The number of nitrogens with one attached hydrogen (secondary N) is 1. The van der Waals surface area contributed by atoms with Gasteiger partial charge in [0.1, 0.15) is 25.0 Å². The Morgan fingerprint density at radius 2 is 2.20 bits per heavy atom. The maximum Gasteiger partial charge on any atom is 0.274 e. The van der Waals surface area contributed by atoms with Crippen LogP contribution in [-0.2, 0) is 4.74 Å². The van der Waals surface area contributed by atoms with Crippen molar-refractivity contribution in [2.75, 3.05) is 31.2 Å². The minimum absolute atomic E-state index is 0.785. The number of thiocarbonyl (C=S) groups is 1. The Bertz CT molecular complexity index is 367. The highest BCUT2D eigenvalue weighted by molar-refractivity contribution is 7.78. The molecule has 0 atom stereocenters. The van der Waals surface area contributed by atoms with Gasteiger partial charge in [-0.3, -0.25) is 4.90 Å². The van der Waals surface area contributed by atoms with Crippen LogP contribution in [0.1, 0.15) is 0 Å². The van der Waals surface area contributed by atoms with Gasteiger partial charge in [0.2, 0.25) is 0 Å². The molecule has 2 heterocycles. The predicted molar refractivity (Wildman–Crippen MR) is 60.7 cm³/mol. The maximum absolute atomic E-state index is 5.29. The average Bonchev–Trinajstić information content (AvgIpc) is 2.32. The van der Waals surface area contributed by atoms with Crippen LogP contribution in [0.5, 0.6) is 0 Å². The lowest BCUT2D eigenvalue weighted by atomic mass is 10.3. The number of hydrogen-bond donors (Lipinski definition) is 0. The molecule has 4 nitrogen and oxygen atoms in total. The van der Waals surface area contributed by atoms with Crippen molar-refractivity contribution in [3.63, 3.8) is 0 Å². The first-order valence-electron chi connectivity index (χ1n) is 4.82. The van der Waals surface area contributed by atoms with Gasteiger partial charge in [-0.05, 0) is 18.3 Å². The summed E-state index contributed by atoms with van der Waals surface area (Å²) in [6.45, 7) is 3.42. The number of nitrogens with zero attached hydrogens (tertiary/aromatic N) is 2. The fourth-order valence-electron chi connectivity index (χ4n) is 1.53. The predicted octanol–water partition coefficient (Wildman–Crippen LogP) is 1.07. The molecule has 0 bridgehead atoms. The van der Waals surface area contributed by atoms with Crippen molar-refractivity contribution in [1.29, 1.82) is 0 Å². The van der Waals surface area contributed by atoms with Gasteiger partial charge in [-0.15, -0.1) is 0 Å². The lowest BCUT2D eigenvalue weighted by Gasteiger charge is -2.21. The van der Waals surface area contributed by atoms with Crippen molar-refractivity contribution >= 4 is 28.9 Å². The van der Waals surface area contributed by atoms with Crippen LogP contribution in [0.15, 0.2) is 23.3 Å². The van der Waals surface area contributed by atoms with Crippen LogP contribution in [0.25, 0.3) is 0 Å². The lowest BCUT2D eigenvalue weighted by molar-refractivity contribution is -0.363. The second-order valence-corrected chi connectivity index (χ2v) is 3.42. The Balaban J connectivity index is 2.11. The Morgan fingerprint density at radius 3 is 2.80 bits per heavy atom. The van der Waals surface area contributed by atoms with E-state index >= 15 is 0 Å². The smallest absolute Gasteiger partial charge is 0.274 e. The summed E-state index contributed by atoms with van der Waals surface area (Å²) in [5.41, 5.74) is 0.794. The molecule has 1 fully saturated rings. The van der Waals surface area contributed by atoms with Crippen LogP contribution < -0.4 is 9.88 Å². The molecule has 1 aliphatic rings. The number of pyridine rings is 1. The van der Waals surface area contributed by atoms with E-state index in [1.54, 1.807) is 0 Å². The quantitative estimate of drug-likeness (QED) is 0.555. The third-order valence-corrected chi connectivity index (χ3v) is 2.40. The van der Waals surface area contributed by atoms with E-state index in [1.165, 1.54) is 0 Å². The largest absolute Gasteiger partial charge is 0.373 e. The summed E-state index contributed by atoms with van der Waals surface area (Å²) in [5, 5.41) is 2.34. The van der Waals surface area contributed by atoms with Gasteiger partial charge in [0.05, 0.1) is 18.4 Å². The first-order chi connectivity index (χ1) is 7.40. The summed E-state index contributed by atoms with van der Waals surface area (Å²) in [7, 11) is 0. The van der Waals surface area contributed by atoms with Gasteiger partial charge in [-0.2, -0.15) is 4.99 Å². The van der Waals surface area contributed by atoms with Crippen LogP contribution in [0.4, 0.5) is 11.5 Å². The Kier molecular flexibility index (Phi) is 3.40. The summed E-state index contributed by atoms with van der Waals surface area (Å²) in [6, 6.07) is 3.91. The molecule has 2 rings (SSSR count). The van der Waals surface area contributed by atoms with Crippen molar-refractivity contribution in [2.24, 2.45) is 4.99 Å². The third kappa shape index (κ3) is 2.59. The number of H-pyrrole nitrogens is 1. The van der Waals surface area contributed by atoms with Crippen LogP contribution in [0.2, 0.25) is 0 Å². The Labute approximate surface area is 93.6 Å². The van der Waals surface area contributed by atoms with Gasteiger partial charge in [0.25, 0.3) is 5.82 Å². The van der Waals surface area contributed by atoms with E-state index in [9.17, 15) is 0 Å². The number of aromatic amines is 1. The molecule has 1 N–H and O–H groups in total. The molecule has 0 amide bonds. The Morgan fingerprint density at radius 1 is 1.40 bits per heavy atom. The molecule has 0 saturated carbocycles. The van der Waals surface area contributed by atoms with Gasteiger partial charge in [0.15, 0.2) is 0 Å². The van der Waals surface area contributed by atoms with Crippen LogP contribution in [-0.4, -0.2) is 31.5 Å². The minimum Gasteiger partial charge on any atom is -0.373 e. The van der Waals surface area contributed by atoms with E-state index in [4.69, 9.17) is 4.74 Å². The Hall–Kier alpha value is -1.29.